The van der Waals surface area contributed by atoms with Crippen LogP contribution in [0.15, 0.2) is 40.9 Å². The van der Waals surface area contributed by atoms with Gasteiger partial charge in [-0.1, -0.05) is 33.6 Å². The zero-order valence-electron chi connectivity index (χ0n) is 10.5. The molecule has 0 bridgehead atoms. The van der Waals surface area contributed by atoms with Crippen LogP contribution in [0, 0.1) is 5.82 Å². The molecule has 6 heteroatoms. The van der Waals surface area contributed by atoms with Crippen LogP contribution in [0.2, 0.25) is 5.02 Å². The second kappa shape index (κ2) is 5.81. The van der Waals surface area contributed by atoms with Crippen molar-refractivity contribution in [2.24, 2.45) is 0 Å². The topological polar surface area (TPSA) is 46.3 Å². The number of anilines is 2. The van der Waals surface area contributed by atoms with E-state index >= 15 is 0 Å². The van der Waals surface area contributed by atoms with Crippen LogP contribution in [0.25, 0.3) is 0 Å². The fourth-order valence-corrected chi connectivity index (χ4v) is 2.38. The summed E-state index contributed by atoms with van der Waals surface area (Å²) in [5.74, 6) is -1.06. The van der Waals surface area contributed by atoms with E-state index in [1.165, 1.54) is 23.1 Å². The zero-order chi connectivity index (χ0) is 14.9. The molecule has 0 aromatic heterocycles. The Morgan fingerprint density at radius 2 is 2.05 bits per heavy atom. The fraction of sp³-hybridized carbons (Fsp3) is 0.0714. The van der Waals surface area contributed by atoms with Gasteiger partial charge in [-0.15, -0.1) is 0 Å². The van der Waals surface area contributed by atoms with Gasteiger partial charge in [0.25, 0.3) is 5.91 Å². The monoisotopic (exact) mass is 356 g/mol. The normalized spacial score (nSPS) is 10.4. The molecule has 2 aromatic rings. The summed E-state index contributed by atoms with van der Waals surface area (Å²) in [6.45, 7) is 0. The Labute approximate surface area is 129 Å². The van der Waals surface area contributed by atoms with Gasteiger partial charge in [-0.3, -0.25) is 4.79 Å². The minimum Gasteiger partial charge on any atom is -0.397 e. The van der Waals surface area contributed by atoms with Crippen LogP contribution in [0.4, 0.5) is 15.8 Å². The lowest BCUT2D eigenvalue weighted by Crippen LogP contribution is -2.27. The molecule has 0 aliphatic rings. The molecule has 2 rings (SSSR count). The van der Waals surface area contributed by atoms with E-state index in [1.807, 2.05) is 0 Å². The average molecular weight is 358 g/mol. The van der Waals surface area contributed by atoms with Crippen LogP contribution in [-0.4, -0.2) is 13.0 Å². The summed E-state index contributed by atoms with van der Waals surface area (Å²) in [4.78, 5) is 13.7. The molecule has 0 atom stereocenters. The summed E-state index contributed by atoms with van der Waals surface area (Å²) in [5, 5.41) is -0.194. The highest BCUT2D eigenvalue weighted by molar-refractivity contribution is 9.10. The largest absolute Gasteiger partial charge is 0.397 e. The highest BCUT2D eigenvalue weighted by atomic mass is 79.9. The number of nitrogens with two attached hydrogens (primary N) is 1. The quantitative estimate of drug-likeness (QED) is 0.823. The van der Waals surface area contributed by atoms with Gasteiger partial charge in [0.05, 0.1) is 22.0 Å². The smallest absolute Gasteiger partial charge is 0.259 e. The fourth-order valence-electron chi connectivity index (χ4n) is 1.79. The second-order valence-electron chi connectivity index (χ2n) is 4.17. The maximum atomic E-state index is 13.4. The van der Waals surface area contributed by atoms with Crippen molar-refractivity contribution in [3.05, 3.63) is 57.3 Å². The molecule has 1 amide bonds. The van der Waals surface area contributed by atoms with Gasteiger partial charge in [0.15, 0.2) is 0 Å². The van der Waals surface area contributed by atoms with Gasteiger partial charge in [0.2, 0.25) is 0 Å². The first-order valence-corrected chi connectivity index (χ1v) is 6.86. The second-order valence-corrected chi connectivity index (χ2v) is 5.46. The third-order valence-corrected chi connectivity index (χ3v) is 3.71. The van der Waals surface area contributed by atoms with Crippen molar-refractivity contribution >= 4 is 44.8 Å². The average Bonchev–Trinajstić information content (AvgIpc) is 2.40. The third kappa shape index (κ3) is 2.78. The van der Waals surface area contributed by atoms with Crippen molar-refractivity contribution < 1.29 is 9.18 Å². The predicted octanol–water partition coefficient (Wildman–Crippen LogP) is 4.10. The van der Waals surface area contributed by atoms with E-state index < -0.39 is 11.7 Å². The molecule has 20 heavy (non-hydrogen) atoms. The molecule has 3 nitrogen and oxygen atoms in total. The number of carbonyl (C=O) groups is 1. The number of hydrogen-bond donors (Lipinski definition) is 1. The summed E-state index contributed by atoms with van der Waals surface area (Å²) in [6, 6.07) is 9.26. The van der Waals surface area contributed by atoms with Gasteiger partial charge in [0.1, 0.15) is 5.82 Å². The minimum atomic E-state index is -0.630. The van der Waals surface area contributed by atoms with E-state index in [0.29, 0.717) is 11.4 Å². The predicted molar refractivity (Wildman–Crippen MR) is 82.7 cm³/mol. The molecule has 2 aromatic carbocycles. The molecule has 0 saturated heterocycles. The molecular formula is C14H11BrClFN2O. The SMILES string of the molecule is CN(C(=O)c1cccc(F)c1Cl)c1ccc(Br)cc1N. The summed E-state index contributed by atoms with van der Waals surface area (Å²) >= 11 is 9.12. The van der Waals surface area contributed by atoms with E-state index in [9.17, 15) is 9.18 Å². The summed E-state index contributed by atoms with van der Waals surface area (Å²) < 4.78 is 14.2. The van der Waals surface area contributed by atoms with Crippen LogP contribution in [0.1, 0.15) is 10.4 Å². The summed E-state index contributed by atoms with van der Waals surface area (Å²) in [7, 11) is 1.56. The Hall–Kier alpha value is -1.59. The van der Waals surface area contributed by atoms with E-state index in [0.717, 1.165) is 4.47 Å². The number of carbonyl (C=O) groups excluding carboxylic acids is 1. The van der Waals surface area contributed by atoms with Gasteiger partial charge in [-0.05, 0) is 30.3 Å². The maximum Gasteiger partial charge on any atom is 0.259 e. The van der Waals surface area contributed by atoms with Gasteiger partial charge < -0.3 is 10.6 Å². The summed E-state index contributed by atoms with van der Waals surface area (Å²) in [5.41, 5.74) is 6.93. The number of amides is 1. The van der Waals surface area contributed by atoms with Crippen LogP contribution in [0.3, 0.4) is 0 Å². The Bertz CT molecular complexity index is 678. The molecule has 0 aliphatic carbocycles. The Balaban J connectivity index is 2.40. The molecule has 0 heterocycles. The number of halogens is 3. The van der Waals surface area contributed by atoms with Gasteiger partial charge >= 0.3 is 0 Å². The molecule has 0 saturated carbocycles. The first-order chi connectivity index (χ1) is 9.41. The molecule has 0 aliphatic heterocycles. The maximum absolute atomic E-state index is 13.4. The molecule has 0 fully saturated rings. The molecule has 0 unspecified atom stereocenters. The van der Waals surface area contributed by atoms with E-state index in [4.69, 9.17) is 17.3 Å². The molecule has 2 N–H and O–H groups in total. The van der Waals surface area contributed by atoms with Crippen LogP contribution in [0.5, 0.6) is 0 Å². The first kappa shape index (κ1) is 14.8. The highest BCUT2D eigenvalue weighted by Gasteiger charge is 2.19. The Morgan fingerprint density at radius 1 is 1.35 bits per heavy atom. The van der Waals surface area contributed by atoms with Gasteiger partial charge in [-0.25, -0.2) is 4.39 Å². The van der Waals surface area contributed by atoms with Crippen molar-refractivity contribution in [2.45, 2.75) is 0 Å². The van der Waals surface area contributed by atoms with E-state index in [-0.39, 0.29) is 10.6 Å². The lowest BCUT2D eigenvalue weighted by molar-refractivity contribution is 0.0993. The standard InChI is InChI=1S/C14H11BrClFN2O/c1-19(12-6-5-8(15)7-11(12)18)14(20)9-3-2-4-10(17)13(9)16/h2-7H,18H2,1H3. The van der Waals surface area contributed by atoms with Crippen molar-refractivity contribution in [1.29, 1.82) is 0 Å². The highest BCUT2D eigenvalue weighted by Crippen LogP contribution is 2.28. The first-order valence-electron chi connectivity index (χ1n) is 5.69. The molecule has 104 valence electrons. The number of benzene rings is 2. The van der Waals surface area contributed by atoms with Crippen molar-refractivity contribution in [3.8, 4) is 0 Å². The molecule has 0 radical (unpaired) electrons. The van der Waals surface area contributed by atoms with Crippen LogP contribution in [-0.2, 0) is 0 Å². The lowest BCUT2D eigenvalue weighted by atomic mass is 10.1. The van der Waals surface area contributed by atoms with E-state index in [1.54, 1.807) is 25.2 Å². The number of nitrogens with zero attached hydrogens (tertiary/aromatic N) is 1. The van der Waals surface area contributed by atoms with E-state index in [2.05, 4.69) is 15.9 Å². The number of rotatable bonds is 2. The lowest BCUT2D eigenvalue weighted by Gasteiger charge is -2.20. The Morgan fingerprint density at radius 3 is 2.70 bits per heavy atom. The minimum absolute atomic E-state index is 0.0940. The number of nitrogen functional groups attached to an aromatic ring is 1. The zero-order valence-corrected chi connectivity index (χ0v) is 12.9. The molecule has 0 spiro atoms. The van der Waals surface area contributed by atoms with Gasteiger partial charge in [-0.2, -0.15) is 0 Å². The van der Waals surface area contributed by atoms with Crippen molar-refractivity contribution in [1.82, 2.24) is 0 Å². The van der Waals surface area contributed by atoms with Crippen LogP contribution < -0.4 is 10.6 Å². The Kier molecular flexibility index (Phi) is 4.30. The third-order valence-electron chi connectivity index (χ3n) is 2.84. The van der Waals surface area contributed by atoms with Gasteiger partial charge in [0, 0.05) is 11.5 Å². The van der Waals surface area contributed by atoms with Crippen LogP contribution >= 0.6 is 27.5 Å². The summed E-state index contributed by atoms with van der Waals surface area (Å²) in [6.07, 6.45) is 0. The number of hydrogen-bond acceptors (Lipinski definition) is 2. The van der Waals surface area contributed by atoms with Crippen molar-refractivity contribution in [2.75, 3.05) is 17.7 Å². The van der Waals surface area contributed by atoms with Crippen molar-refractivity contribution in [3.63, 3.8) is 0 Å². The molecular weight excluding hydrogens is 347 g/mol.